The topological polar surface area (TPSA) is 12.0 Å². The fraction of sp³-hybridized carbons (Fsp3) is 1.00. The van der Waals surface area contributed by atoms with E-state index in [1.165, 1.54) is 0 Å². The normalized spacial score (nSPS) is 36.4. The summed E-state index contributed by atoms with van der Waals surface area (Å²) in [6, 6.07) is -12.2. The minimum atomic E-state index is -6.87. The van der Waals surface area contributed by atoms with Gasteiger partial charge in [0.15, 0.2) is 0 Å². The van der Waals surface area contributed by atoms with Gasteiger partial charge in [-0.25, -0.2) is 4.39 Å². The van der Waals surface area contributed by atoms with Crippen LogP contribution in [0.25, 0.3) is 0 Å². The van der Waals surface area contributed by atoms with Crippen LogP contribution in [0.3, 0.4) is 0 Å². The summed E-state index contributed by atoms with van der Waals surface area (Å²) >= 11 is 0. The van der Waals surface area contributed by atoms with Crippen molar-refractivity contribution in [1.82, 2.24) is 5.32 Å². The molecule has 0 aromatic rings. The first-order chi connectivity index (χ1) is 6.71. The van der Waals surface area contributed by atoms with Crippen molar-refractivity contribution in [1.29, 1.82) is 0 Å². The van der Waals surface area contributed by atoms with E-state index in [4.69, 9.17) is 0 Å². The van der Waals surface area contributed by atoms with Gasteiger partial charge in [-0.2, -0.15) is 44.8 Å². The van der Waals surface area contributed by atoms with Gasteiger partial charge in [0.25, 0.3) is 0 Å². The smallest absolute Gasteiger partial charge is 0.218 e. The van der Waals surface area contributed by atoms with E-state index in [1.807, 2.05) is 0 Å². The van der Waals surface area contributed by atoms with Gasteiger partial charge in [0.1, 0.15) is 0 Å². The van der Waals surface area contributed by atoms with Crippen molar-refractivity contribution in [2.75, 3.05) is 0 Å². The van der Waals surface area contributed by atoms with E-state index in [0.29, 0.717) is 0 Å². The van der Waals surface area contributed by atoms with Crippen LogP contribution < -0.4 is 5.32 Å². The molecular formula is C5HF10N. The molecular weight excluding hydrogens is 264 g/mol. The Morgan fingerprint density at radius 1 is 0.688 bits per heavy atom. The lowest BCUT2D eigenvalue weighted by Gasteiger charge is -2.31. The highest BCUT2D eigenvalue weighted by atomic mass is 19.4. The van der Waals surface area contributed by atoms with Crippen LogP contribution in [-0.2, 0) is 0 Å². The van der Waals surface area contributed by atoms with Crippen LogP contribution in [0.5, 0.6) is 0 Å². The molecule has 1 aliphatic rings. The third kappa shape index (κ3) is 1.17. The molecule has 0 amide bonds. The van der Waals surface area contributed by atoms with Crippen LogP contribution in [-0.4, -0.2) is 29.9 Å². The Kier molecular flexibility index (Phi) is 2.28. The molecule has 96 valence electrons. The Labute approximate surface area is 80.4 Å². The summed E-state index contributed by atoms with van der Waals surface area (Å²) in [5.74, 6) is -6.62. The summed E-state index contributed by atoms with van der Waals surface area (Å²) in [6.07, 6.45) is -6.87. The Hall–Kier alpha value is -0.740. The molecule has 1 aliphatic heterocycles. The monoisotopic (exact) mass is 265 g/mol. The SMILES string of the molecule is FC(F)(F)C1(F)C(F)(F)NC(F)(F)C1(F)F. The van der Waals surface area contributed by atoms with Crippen molar-refractivity contribution >= 4 is 0 Å². The number of hydrogen-bond donors (Lipinski definition) is 1. The maximum Gasteiger partial charge on any atom is 0.436 e. The van der Waals surface area contributed by atoms with Crippen molar-refractivity contribution < 1.29 is 43.9 Å². The van der Waals surface area contributed by atoms with Crippen LogP contribution in [0.1, 0.15) is 0 Å². The van der Waals surface area contributed by atoms with Crippen molar-refractivity contribution in [2.45, 2.75) is 29.9 Å². The van der Waals surface area contributed by atoms with Gasteiger partial charge in [-0.3, -0.25) is 0 Å². The molecule has 1 heterocycles. The van der Waals surface area contributed by atoms with E-state index < -0.39 is 35.2 Å². The maximum absolute atomic E-state index is 12.7. The van der Waals surface area contributed by atoms with Gasteiger partial charge >= 0.3 is 29.9 Å². The number of nitrogens with one attached hydrogen (secondary N) is 1. The molecule has 0 radical (unpaired) electrons. The third-order valence-corrected chi connectivity index (χ3v) is 1.96. The highest BCUT2D eigenvalue weighted by molar-refractivity contribution is 5.19. The first-order valence-electron chi connectivity index (χ1n) is 3.39. The maximum atomic E-state index is 12.7. The lowest BCUT2D eigenvalue weighted by molar-refractivity contribution is -0.358. The Morgan fingerprint density at radius 3 is 1.19 bits per heavy atom. The summed E-state index contributed by atoms with van der Waals surface area (Å²) in [6.45, 7) is 0. The van der Waals surface area contributed by atoms with Gasteiger partial charge in [-0.05, 0) is 0 Å². The molecule has 0 aromatic heterocycles. The van der Waals surface area contributed by atoms with E-state index >= 15 is 0 Å². The van der Waals surface area contributed by atoms with E-state index in [0.717, 1.165) is 0 Å². The Bertz CT molecular complexity index is 305. The molecule has 1 nitrogen and oxygen atoms in total. The predicted molar refractivity (Wildman–Crippen MR) is 27.9 cm³/mol. The standard InChI is InChI=1S/C5HF10N/c6-1(3(9,10)11)2(7,8)5(14,15)16-4(1,12)13/h16H. The van der Waals surface area contributed by atoms with Crippen LogP contribution in [0, 0.1) is 0 Å². The Morgan fingerprint density at radius 2 is 1.06 bits per heavy atom. The van der Waals surface area contributed by atoms with Crippen LogP contribution >= 0.6 is 0 Å². The van der Waals surface area contributed by atoms with Gasteiger partial charge < -0.3 is 0 Å². The van der Waals surface area contributed by atoms with Crippen molar-refractivity contribution in [3.05, 3.63) is 0 Å². The zero-order valence-corrected chi connectivity index (χ0v) is 6.78. The zero-order valence-electron chi connectivity index (χ0n) is 6.78. The van der Waals surface area contributed by atoms with Crippen LogP contribution in [0.2, 0.25) is 0 Å². The molecule has 0 bridgehead atoms. The highest BCUT2D eigenvalue weighted by Gasteiger charge is 2.95. The minimum absolute atomic E-state index is 0.655. The van der Waals surface area contributed by atoms with Crippen molar-refractivity contribution in [2.24, 2.45) is 0 Å². The van der Waals surface area contributed by atoms with Crippen molar-refractivity contribution in [3.8, 4) is 0 Å². The molecule has 1 rings (SSSR count). The second-order valence-electron chi connectivity index (χ2n) is 3.00. The molecule has 11 heteroatoms. The molecule has 0 saturated carbocycles. The molecule has 1 unspecified atom stereocenters. The van der Waals surface area contributed by atoms with E-state index in [-0.39, 0.29) is 0 Å². The second-order valence-corrected chi connectivity index (χ2v) is 3.00. The Balaban J connectivity index is 3.48. The summed E-state index contributed by atoms with van der Waals surface area (Å²) < 4.78 is 122. The average Bonchev–Trinajstić information content (AvgIpc) is 2.05. The molecule has 0 aliphatic carbocycles. The van der Waals surface area contributed by atoms with E-state index in [2.05, 4.69) is 0 Å². The van der Waals surface area contributed by atoms with Gasteiger partial charge in [0, 0.05) is 0 Å². The minimum Gasteiger partial charge on any atom is -0.218 e. The number of rotatable bonds is 0. The van der Waals surface area contributed by atoms with Gasteiger partial charge in [-0.15, -0.1) is 0 Å². The zero-order chi connectivity index (χ0) is 13.2. The molecule has 1 saturated heterocycles. The summed E-state index contributed by atoms with van der Waals surface area (Å²) in [7, 11) is 0. The summed E-state index contributed by atoms with van der Waals surface area (Å²) in [5, 5.41) is -0.655. The second kappa shape index (κ2) is 2.74. The van der Waals surface area contributed by atoms with Crippen molar-refractivity contribution in [3.63, 3.8) is 0 Å². The quantitative estimate of drug-likeness (QED) is 0.524. The van der Waals surface area contributed by atoms with E-state index in [9.17, 15) is 43.9 Å². The molecule has 16 heavy (non-hydrogen) atoms. The number of hydrogen-bond acceptors (Lipinski definition) is 1. The van der Waals surface area contributed by atoms with E-state index in [1.54, 1.807) is 0 Å². The molecule has 0 aromatic carbocycles. The lowest BCUT2D eigenvalue weighted by atomic mass is 9.97. The molecule has 1 fully saturated rings. The number of alkyl halides is 10. The van der Waals surface area contributed by atoms with Gasteiger partial charge in [0.2, 0.25) is 0 Å². The first-order valence-corrected chi connectivity index (χ1v) is 3.39. The average molecular weight is 265 g/mol. The lowest BCUT2D eigenvalue weighted by Crippen LogP contribution is -2.63. The van der Waals surface area contributed by atoms with Crippen LogP contribution in [0.15, 0.2) is 0 Å². The first kappa shape index (κ1) is 13.3. The molecule has 1 N–H and O–H groups in total. The predicted octanol–water partition coefficient (Wildman–Crippen LogP) is 2.68. The molecule has 0 spiro atoms. The van der Waals surface area contributed by atoms with Gasteiger partial charge in [-0.1, -0.05) is 0 Å². The summed E-state index contributed by atoms with van der Waals surface area (Å²) in [5.41, 5.74) is -6.67. The van der Waals surface area contributed by atoms with Gasteiger partial charge in [0.05, 0.1) is 0 Å². The summed E-state index contributed by atoms with van der Waals surface area (Å²) in [4.78, 5) is 0. The number of halogens is 10. The highest BCUT2D eigenvalue weighted by Crippen LogP contribution is 2.62. The third-order valence-electron chi connectivity index (χ3n) is 1.96. The fourth-order valence-electron chi connectivity index (χ4n) is 1.13. The molecule has 1 atom stereocenters. The largest absolute Gasteiger partial charge is 0.436 e. The van der Waals surface area contributed by atoms with Crippen LogP contribution in [0.4, 0.5) is 43.9 Å². The fourth-order valence-corrected chi connectivity index (χ4v) is 1.13.